The van der Waals surface area contributed by atoms with Crippen LogP contribution in [0.25, 0.3) is 18.2 Å². The zero-order chi connectivity index (χ0) is 15.7. The molecular formula is C20H18NiO2-2. The average Bonchev–Trinajstić information content (AvgIpc) is 2.55. The van der Waals surface area contributed by atoms with Gasteiger partial charge in [0.15, 0.2) is 0 Å². The Morgan fingerprint density at radius 3 is 2.22 bits per heavy atom. The van der Waals surface area contributed by atoms with E-state index in [1.165, 1.54) is 0 Å². The summed E-state index contributed by atoms with van der Waals surface area (Å²) in [4.78, 5) is 0. The van der Waals surface area contributed by atoms with E-state index in [-0.39, 0.29) is 7.43 Å². The molecule has 3 heteroatoms. The molecule has 1 aliphatic carbocycles. The molecule has 1 aliphatic rings. The van der Waals surface area contributed by atoms with Crippen LogP contribution in [-0.4, -0.2) is 18.7 Å². The van der Waals surface area contributed by atoms with Crippen molar-refractivity contribution in [1.29, 1.82) is 0 Å². The number of allylic oxidation sites excluding steroid dienone is 1. The molecule has 0 saturated carbocycles. The first kappa shape index (κ1) is 17.2. The average molecular weight is 349 g/mol. The van der Waals surface area contributed by atoms with Crippen LogP contribution < -0.4 is 19.9 Å². The summed E-state index contributed by atoms with van der Waals surface area (Å²) in [6, 6.07) is 11.6. The van der Waals surface area contributed by atoms with Gasteiger partial charge in [-0.15, -0.1) is 0 Å². The first-order chi connectivity index (χ1) is 10.6. The molecule has 2 nitrogen and oxygen atoms in total. The zero-order valence-electron chi connectivity index (χ0n) is 13.3. The third-order valence-electron chi connectivity index (χ3n) is 3.68. The van der Waals surface area contributed by atoms with Gasteiger partial charge in [0.25, 0.3) is 0 Å². The largest absolute Gasteiger partial charge is 0.358 e. The van der Waals surface area contributed by atoms with Gasteiger partial charge in [-0.2, -0.15) is 0 Å². The number of hydrogen-bond acceptors (Lipinski definition) is 2. The van der Waals surface area contributed by atoms with Crippen LogP contribution in [0.4, 0.5) is 0 Å². The zero-order valence-corrected chi connectivity index (χ0v) is 14.3. The van der Waals surface area contributed by atoms with Crippen LogP contribution in [0.1, 0.15) is 11.1 Å². The van der Waals surface area contributed by atoms with Gasteiger partial charge in [0.1, 0.15) is 0 Å². The van der Waals surface area contributed by atoms with Gasteiger partial charge in [-0.25, -0.2) is 0 Å². The summed E-state index contributed by atoms with van der Waals surface area (Å²) in [6.07, 6.45) is 4.05. The van der Waals surface area contributed by atoms with Crippen LogP contribution in [0.2, 0.25) is 0 Å². The molecule has 2 aromatic carbocycles. The van der Waals surface area contributed by atoms with E-state index in [1.807, 2.05) is 48.6 Å². The predicted octanol–water partition coefficient (Wildman–Crippen LogP) is 2.39. The van der Waals surface area contributed by atoms with Crippen LogP contribution >= 0.6 is 0 Å². The second-order valence-corrected chi connectivity index (χ2v) is 5.43. The van der Waals surface area contributed by atoms with E-state index in [4.69, 9.17) is 31.1 Å². The summed E-state index contributed by atoms with van der Waals surface area (Å²) in [5, 5.41) is 1.59. The van der Waals surface area contributed by atoms with E-state index in [0.717, 1.165) is 37.9 Å². The van der Waals surface area contributed by atoms with Crippen LogP contribution in [-0.2, 0) is 15.0 Å². The van der Waals surface area contributed by atoms with Crippen LogP contribution in [0.3, 0.4) is 0 Å². The van der Waals surface area contributed by atoms with Crippen molar-refractivity contribution in [2.24, 2.45) is 0 Å². The minimum atomic E-state index is 0. The van der Waals surface area contributed by atoms with Crippen LogP contribution in [0, 0.1) is 7.43 Å². The standard InChI is InChI=1S/C19H15O2.CH3.Ni/c1-13-10-17(20-2)8-9-19(13)16-5-4-15-12-18(21-3)7-6-14(15)11-16;;/h1,4-10,12H,2-3H3;1H3;/q2*-1;/b19-16-;;. The monoisotopic (exact) mass is 348 g/mol. The number of methoxy groups -OCH3 is 2. The van der Waals surface area contributed by atoms with Gasteiger partial charge in [-0.05, 0) is 0 Å². The quantitative estimate of drug-likeness (QED) is 0.613. The van der Waals surface area contributed by atoms with Gasteiger partial charge in [-0.3, -0.25) is 0 Å². The molecule has 0 atom stereocenters. The minimum Gasteiger partial charge on any atom is -0.358 e. The fraction of sp³-hybridized carbons (Fsp3) is 0.100. The summed E-state index contributed by atoms with van der Waals surface area (Å²) >= 11 is 5.30. The van der Waals surface area contributed by atoms with Gasteiger partial charge in [0.05, 0.1) is 0 Å². The SMILES string of the molecule is [CH-]=c1cc(OC)cc/c1=C1\C=Cc2cc(OC)ccc2[C]1=[Ni].[CH3-]. The Balaban J connectivity index is 0.00000192. The van der Waals surface area contributed by atoms with E-state index in [0.29, 0.717) is 5.22 Å². The van der Waals surface area contributed by atoms with E-state index in [2.05, 4.69) is 0 Å². The van der Waals surface area contributed by atoms with Gasteiger partial charge in [0.2, 0.25) is 0 Å². The summed E-state index contributed by atoms with van der Waals surface area (Å²) in [5.41, 5.74) is 3.07. The van der Waals surface area contributed by atoms with Crippen LogP contribution in [0.5, 0.6) is 11.5 Å². The third-order valence-corrected chi connectivity index (χ3v) is 4.21. The molecule has 0 heterocycles. The first-order valence-electron chi connectivity index (χ1n) is 6.81. The van der Waals surface area contributed by atoms with Gasteiger partial charge >= 0.3 is 137 Å². The number of benzene rings is 2. The van der Waals surface area contributed by atoms with Crippen molar-refractivity contribution in [3.8, 4) is 11.5 Å². The number of hydrogen-bond donors (Lipinski definition) is 0. The summed E-state index contributed by atoms with van der Waals surface area (Å²) < 4.78 is 11.3. The third kappa shape index (κ3) is 3.16. The number of rotatable bonds is 2. The van der Waals surface area contributed by atoms with E-state index in [1.54, 1.807) is 14.2 Å². The summed E-state index contributed by atoms with van der Waals surface area (Å²) in [6.45, 7) is 6.15. The van der Waals surface area contributed by atoms with Crippen molar-refractivity contribution < 1.29 is 24.5 Å². The Kier molecular flexibility index (Phi) is 5.23. The van der Waals surface area contributed by atoms with Crippen molar-refractivity contribution in [3.05, 3.63) is 71.5 Å². The molecule has 0 saturated heterocycles. The molecule has 122 valence electrons. The maximum absolute atomic E-state index is 6.15. The normalized spacial score (nSPS) is 14.9. The Labute approximate surface area is 144 Å². The molecule has 0 bridgehead atoms. The van der Waals surface area contributed by atoms with Crippen molar-refractivity contribution in [2.75, 3.05) is 14.2 Å². The summed E-state index contributed by atoms with van der Waals surface area (Å²) in [5.74, 6) is 1.56. The van der Waals surface area contributed by atoms with Gasteiger partial charge in [-0.1, -0.05) is 0 Å². The minimum absolute atomic E-state index is 0. The molecule has 0 unspecified atom stereocenters. The second kappa shape index (κ2) is 6.97. The molecule has 0 aromatic heterocycles. The Hall–Kier alpha value is -2.12. The van der Waals surface area contributed by atoms with Crippen molar-refractivity contribution in [2.45, 2.75) is 0 Å². The van der Waals surface area contributed by atoms with Crippen molar-refractivity contribution in [1.82, 2.24) is 0 Å². The Bertz CT molecular complexity index is 894. The molecule has 0 aliphatic heterocycles. The van der Waals surface area contributed by atoms with Crippen molar-refractivity contribution >= 4 is 22.7 Å². The molecule has 2 aromatic rings. The molecule has 23 heavy (non-hydrogen) atoms. The maximum Gasteiger partial charge on any atom is -0.358 e. The first-order valence-corrected chi connectivity index (χ1v) is 7.30. The molecule has 0 fully saturated rings. The second-order valence-electron chi connectivity index (χ2n) is 4.94. The Morgan fingerprint density at radius 2 is 1.57 bits per heavy atom. The van der Waals surface area contributed by atoms with Crippen molar-refractivity contribution in [3.63, 3.8) is 0 Å². The molecule has 0 spiro atoms. The number of fused-ring (bicyclic) bond motifs is 1. The molecular weight excluding hydrogens is 331 g/mol. The van der Waals surface area contributed by atoms with E-state index in [9.17, 15) is 0 Å². The maximum atomic E-state index is 6.15. The number of ether oxygens (including phenoxy) is 2. The van der Waals surface area contributed by atoms with Gasteiger partial charge < -0.3 is 7.43 Å². The van der Waals surface area contributed by atoms with Crippen LogP contribution in [0.15, 0.2) is 42.5 Å². The summed E-state index contributed by atoms with van der Waals surface area (Å²) in [7, 11) is 3.28. The molecule has 0 radical (unpaired) electrons. The van der Waals surface area contributed by atoms with E-state index < -0.39 is 0 Å². The fourth-order valence-corrected chi connectivity index (χ4v) is 2.93. The predicted molar refractivity (Wildman–Crippen MR) is 92.7 cm³/mol. The molecule has 0 amide bonds. The smallest absolute Gasteiger partial charge is 0.358 e. The molecule has 0 N–H and O–H groups in total. The van der Waals surface area contributed by atoms with Gasteiger partial charge in [0, 0.05) is 0 Å². The fourth-order valence-electron chi connectivity index (χ4n) is 2.49. The molecule has 3 rings (SSSR count). The Morgan fingerprint density at radius 1 is 0.913 bits per heavy atom. The topological polar surface area (TPSA) is 18.5 Å². The van der Waals surface area contributed by atoms with E-state index >= 15 is 0 Å².